The monoisotopic (exact) mass is 300 g/mol. The Morgan fingerprint density at radius 1 is 1.29 bits per heavy atom. The predicted octanol–water partition coefficient (Wildman–Crippen LogP) is 4.41. The minimum absolute atomic E-state index is 0.612. The summed E-state index contributed by atoms with van der Waals surface area (Å²) in [4.78, 5) is 0. The molecule has 0 heterocycles. The third-order valence-corrected chi connectivity index (χ3v) is 3.06. The van der Waals surface area contributed by atoms with Crippen LogP contribution in [0.15, 0.2) is 22.7 Å². The summed E-state index contributed by atoms with van der Waals surface area (Å²) in [7, 11) is 1.69. The van der Waals surface area contributed by atoms with Gasteiger partial charge in [0, 0.05) is 16.6 Å². The first kappa shape index (κ1) is 14.5. The fraction of sp³-hybridized carbons (Fsp3) is 0.571. The molecule has 3 heteroatoms. The zero-order valence-electron chi connectivity index (χ0n) is 10.8. The van der Waals surface area contributed by atoms with Crippen LogP contribution in [0.4, 0.5) is 0 Å². The van der Waals surface area contributed by atoms with Crippen molar-refractivity contribution < 1.29 is 9.47 Å². The van der Waals surface area contributed by atoms with Gasteiger partial charge in [0.25, 0.3) is 0 Å². The Kier molecular flexibility index (Phi) is 6.60. The number of benzene rings is 1. The van der Waals surface area contributed by atoms with Gasteiger partial charge < -0.3 is 9.47 Å². The zero-order chi connectivity index (χ0) is 12.7. The first-order valence-electron chi connectivity index (χ1n) is 6.03. The number of ether oxygens (including phenoxy) is 2. The third-order valence-electron chi connectivity index (χ3n) is 2.57. The summed E-state index contributed by atoms with van der Waals surface area (Å²) in [5, 5.41) is 0. The predicted molar refractivity (Wildman–Crippen MR) is 74.4 cm³/mol. The molecule has 1 aromatic rings. The minimum Gasteiger partial charge on any atom is -0.496 e. The molecule has 1 aromatic carbocycles. The van der Waals surface area contributed by atoms with Crippen molar-refractivity contribution in [3.8, 4) is 5.75 Å². The van der Waals surface area contributed by atoms with Gasteiger partial charge in [-0.2, -0.15) is 0 Å². The van der Waals surface area contributed by atoms with E-state index < -0.39 is 0 Å². The Morgan fingerprint density at radius 3 is 2.71 bits per heavy atom. The van der Waals surface area contributed by atoms with E-state index >= 15 is 0 Å². The lowest BCUT2D eigenvalue weighted by Crippen LogP contribution is -1.99. The van der Waals surface area contributed by atoms with E-state index in [0.29, 0.717) is 6.61 Å². The fourth-order valence-electron chi connectivity index (χ4n) is 1.64. The molecule has 0 atom stereocenters. The summed E-state index contributed by atoms with van der Waals surface area (Å²) < 4.78 is 12.0. The summed E-state index contributed by atoms with van der Waals surface area (Å²) in [5.74, 6) is 1.64. The summed E-state index contributed by atoms with van der Waals surface area (Å²) in [6.45, 7) is 5.89. The van der Waals surface area contributed by atoms with E-state index in [-0.39, 0.29) is 0 Å². The van der Waals surface area contributed by atoms with Crippen molar-refractivity contribution in [1.29, 1.82) is 0 Å². The second kappa shape index (κ2) is 7.72. The molecule has 0 bridgehead atoms. The molecule has 0 aliphatic rings. The standard InChI is InChI=1S/C14H21BrO2/c1-11(2)5-4-8-17-10-12-9-13(15)6-7-14(12)16-3/h6-7,9,11H,4-5,8,10H2,1-3H3. The van der Waals surface area contributed by atoms with Crippen LogP contribution in [-0.4, -0.2) is 13.7 Å². The zero-order valence-corrected chi connectivity index (χ0v) is 12.4. The van der Waals surface area contributed by atoms with Crippen LogP contribution in [0.2, 0.25) is 0 Å². The van der Waals surface area contributed by atoms with Gasteiger partial charge in [0.2, 0.25) is 0 Å². The van der Waals surface area contributed by atoms with Crippen LogP contribution in [0.5, 0.6) is 5.75 Å². The Hall–Kier alpha value is -0.540. The largest absolute Gasteiger partial charge is 0.496 e. The molecular formula is C14H21BrO2. The summed E-state index contributed by atoms with van der Waals surface area (Å²) in [6.07, 6.45) is 2.34. The number of halogens is 1. The highest BCUT2D eigenvalue weighted by Crippen LogP contribution is 2.23. The first-order chi connectivity index (χ1) is 8.13. The molecule has 0 aliphatic heterocycles. The molecular weight excluding hydrogens is 280 g/mol. The molecule has 0 unspecified atom stereocenters. The highest BCUT2D eigenvalue weighted by Gasteiger charge is 2.03. The van der Waals surface area contributed by atoms with Gasteiger partial charge in [0.05, 0.1) is 13.7 Å². The Labute approximate surface area is 112 Å². The molecule has 1 rings (SSSR count). The van der Waals surface area contributed by atoms with Crippen molar-refractivity contribution in [1.82, 2.24) is 0 Å². The Bertz CT molecular complexity index is 337. The van der Waals surface area contributed by atoms with Crippen LogP contribution >= 0.6 is 15.9 Å². The van der Waals surface area contributed by atoms with Crippen molar-refractivity contribution >= 4 is 15.9 Å². The molecule has 0 N–H and O–H groups in total. The third kappa shape index (κ3) is 5.55. The van der Waals surface area contributed by atoms with Crippen molar-refractivity contribution in [3.63, 3.8) is 0 Å². The molecule has 0 saturated heterocycles. The number of hydrogen-bond acceptors (Lipinski definition) is 2. The highest BCUT2D eigenvalue weighted by molar-refractivity contribution is 9.10. The molecule has 0 fully saturated rings. The van der Waals surface area contributed by atoms with Gasteiger partial charge in [-0.1, -0.05) is 29.8 Å². The van der Waals surface area contributed by atoms with Crippen LogP contribution in [0.1, 0.15) is 32.3 Å². The summed E-state index contributed by atoms with van der Waals surface area (Å²) in [5.41, 5.74) is 1.09. The van der Waals surface area contributed by atoms with E-state index in [1.165, 1.54) is 6.42 Å². The smallest absolute Gasteiger partial charge is 0.124 e. The van der Waals surface area contributed by atoms with Gasteiger partial charge in [0.1, 0.15) is 5.75 Å². The number of rotatable bonds is 7. The second-order valence-electron chi connectivity index (χ2n) is 4.54. The fourth-order valence-corrected chi connectivity index (χ4v) is 2.04. The quantitative estimate of drug-likeness (QED) is 0.694. The van der Waals surface area contributed by atoms with Gasteiger partial charge in [-0.25, -0.2) is 0 Å². The molecule has 0 radical (unpaired) electrons. The van der Waals surface area contributed by atoms with Crippen molar-refractivity contribution in [2.24, 2.45) is 5.92 Å². The average Bonchev–Trinajstić information content (AvgIpc) is 2.28. The molecule has 0 amide bonds. The molecule has 0 aliphatic carbocycles. The van der Waals surface area contributed by atoms with E-state index in [4.69, 9.17) is 9.47 Å². The summed E-state index contributed by atoms with van der Waals surface area (Å²) in [6, 6.07) is 5.97. The van der Waals surface area contributed by atoms with Crippen LogP contribution in [0.25, 0.3) is 0 Å². The average molecular weight is 301 g/mol. The van der Waals surface area contributed by atoms with E-state index in [0.717, 1.165) is 34.7 Å². The highest BCUT2D eigenvalue weighted by atomic mass is 79.9. The minimum atomic E-state index is 0.612. The van der Waals surface area contributed by atoms with Gasteiger partial charge in [-0.15, -0.1) is 0 Å². The van der Waals surface area contributed by atoms with E-state index in [9.17, 15) is 0 Å². The van der Waals surface area contributed by atoms with Crippen LogP contribution in [0, 0.1) is 5.92 Å². The molecule has 17 heavy (non-hydrogen) atoms. The molecule has 0 aromatic heterocycles. The normalized spacial score (nSPS) is 10.9. The number of hydrogen-bond donors (Lipinski definition) is 0. The molecule has 96 valence electrons. The molecule has 0 saturated carbocycles. The topological polar surface area (TPSA) is 18.5 Å². The SMILES string of the molecule is COc1ccc(Br)cc1COCCCC(C)C. The second-order valence-corrected chi connectivity index (χ2v) is 5.46. The maximum Gasteiger partial charge on any atom is 0.124 e. The van der Waals surface area contributed by atoms with Crippen LogP contribution in [-0.2, 0) is 11.3 Å². The van der Waals surface area contributed by atoms with Gasteiger partial charge >= 0.3 is 0 Å². The van der Waals surface area contributed by atoms with Gasteiger partial charge in [-0.3, -0.25) is 0 Å². The maximum absolute atomic E-state index is 5.67. The molecule has 0 spiro atoms. The lowest BCUT2D eigenvalue weighted by molar-refractivity contribution is 0.113. The van der Waals surface area contributed by atoms with E-state index in [1.54, 1.807) is 7.11 Å². The summed E-state index contributed by atoms with van der Waals surface area (Å²) >= 11 is 3.46. The Morgan fingerprint density at radius 2 is 2.06 bits per heavy atom. The van der Waals surface area contributed by atoms with Crippen molar-refractivity contribution in [3.05, 3.63) is 28.2 Å². The van der Waals surface area contributed by atoms with Crippen LogP contribution in [0.3, 0.4) is 0 Å². The lowest BCUT2D eigenvalue weighted by atomic mass is 10.1. The van der Waals surface area contributed by atoms with Gasteiger partial charge in [0.15, 0.2) is 0 Å². The number of methoxy groups -OCH3 is 1. The lowest BCUT2D eigenvalue weighted by Gasteiger charge is -2.10. The van der Waals surface area contributed by atoms with E-state index in [1.807, 2.05) is 18.2 Å². The van der Waals surface area contributed by atoms with E-state index in [2.05, 4.69) is 29.8 Å². The van der Waals surface area contributed by atoms with Crippen molar-refractivity contribution in [2.75, 3.05) is 13.7 Å². The van der Waals surface area contributed by atoms with Crippen LogP contribution < -0.4 is 4.74 Å². The maximum atomic E-state index is 5.67. The van der Waals surface area contributed by atoms with Gasteiger partial charge in [-0.05, 0) is 37.0 Å². The molecule has 2 nitrogen and oxygen atoms in total. The first-order valence-corrected chi connectivity index (χ1v) is 6.83. The van der Waals surface area contributed by atoms with Crippen molar-refractivity contribution in [2.45, 2.75) is 33.3 Å². The Balaban J connectivity index is 2.37.